The SMILES string of the molecule is Cc1oc2c(c(C)cc3oc(=S)c4c(c32)CCCC4)c1C. The van der Waals surface area contributed by atoms with E-state index in [4.69, 9.17) is 21.1 Å². The van der Waals surface area contributed by atoms with E-state index >= 15 is 0 Å². The van der Waals surface area contributed by atoms with Gasteiger partial charge in [0, 0.05) is 10.9 Å². The summed E-state index contributed by atoms with van der Waals surface area (Å²) in [5.74, 6) is 0.993. The minimum Gasteiger partial charge on any atom is -0.460 e. The number of furan rings is 1. The van der Waals surface area contributed by atoms with E-state index in [1.807, 2.05) is 6.92 Å². The van der Waals surface area contributed by atoms with Crippen LogP contribution in [0.4, 0.5) is 0 Å². The van der Waals surface area contributed by atoms with Crippen molar-refractivity contribution in [1.29, 1.82) is 0 Å². The van der Waals surface area contributed by atoms with Crippen LogP contribution in [0.25, 0.3) is 21.9 Å². The van der Waals surface area contributed by atoms with Gasteiger partial charge in [-0.25, -0.2) is 0 Å². The van der Waals surface area contributed by atoms with Gasteiger partial charge >= 0.3 is 0 Å². The summed E-state index contributed by atoms with van der Waals surface area (Å²) < 4.78 is 12.7. The van der Waals surface area contributed by atoms with Crippen molar-refractivity contribution in [2.24, 2.45) is 0 Å². The summed E-state index contributed by atoms with van der Waals surface area (Å²) in [6.45, 7) is 6.28. The Kier molecular flexibility index (Phi) is 2.77. The maximum absolute atomic E-state index is 6.10. The zero-order valence-electron chi connectivity index (χ0n) is 12.6. The molecule has 0 aliphatic heterocycles. The molecule has 108 valence electrons. The fraction of sp³-hybridized carbons (Fsp3) is 0.389. The first-order valence-corrected chi connectivity index (χ1v) is 7.96. The molecule has 4 rings (SSSR count). The molecule has 0 N–H and O–H groups in total. The van der Waals surface area contributed by atoms with E-state index in [0.29, 0.717) is 4.71 Å². The molecule has 0 bridgehead atoms. The predicted molar refractivity (Wildman–Crippen MR) is 87.7 cm³/mol. The van der Waals surface area contributed by atoms with Crippen LogP contribution < -0.4 is 0 Å². The highest BCUT2D eigenvalue weighted by atomic mass is 32.1. The monoisotopic (exact) mass is 298 g/mol. The van der Waals surface area contributed by atoms with Gasteiger partial charge < -0.3 is 8.83 Å². The second-order valence-electron chi connectivity index (χ2n) is 6.11. The molecule has 0 radical (unpaired) electrons. The van der Waals surface area contributed by atoms with Crippen LogP contribution in [0.3, 0.4) is 0 Å². The van der Waals surface area contributed by atoms with Crippen molar-refractivity contribution >= 4 is 34.2 Å². The third-order valence-corrected chi connectivity index (χ3v) is 5.15. The molecule has 0 spiro atoms. The second kappa shape index (κ2) is 4.44. The van der Waals surface area contributed by atoms with Crippen molar-refractivity contribution < 1.29 is 8.83 Å². The first-order valence-electron chi connectivity index (χ1n) is 7.56. The molecule has 1 aliphatic rings. The van der Waals surface area contributed by atoms with Crippen LogP contribution in [0, 0.1) is 25.5 Å². The van der Waals surface area contributed by atoms with Crippen LogP contribution in [0.2, 0.25) is 0 Å². The minimum absolute atomic E-state index is 0.663. The summed E-state index contributed by atoms with van der Waals surface area (Å²) in [4.78, 5) is 0. The molecule has 2 heterocycles. The van der Waals surface area contributed by atoms with Crippen LogP contribution >= 0.6 is 12.2 Å². The molecule has 3 aromatic rings. The lowest BCUT2D eigenvalue weighted by Crippen LogP contribution is -2.04. The maximum atomic E-state index is 6.10. The summed E-state index contributed by atoms with van der Waals surface area (Å²) in [6, 6.07) is 2.12. The molecule has 0 saturated heterocycles. The van der Waals surface area contributed by atoms with E-state index in [0.717, 1.165) is 35.2 Å². The zero-order chi connectivity index (χ0) is 14.7. The van der Waals surface area contributed by atoms with Crippen LogP contribution in [0.15, 0.2) is 14.9 Å². The number of hydrogen-bond acceptors (Lipinski definition) is 3. The lowest BCUT2D eigenvalue weighted by atomic mass is 9.89. The average Bonchev–Trinajstić information content (AvgIpc) is 2.75. The van der Waals surface area contributed by atoms with Crippen molar-refractivity contribution in [2.75, 3.05) is 0 Å². The fourth-order valence-corrected chi connectivity index (χ4v) is 3.98. The third-order valence-electron chi connectivity index (χ3n) is 4.82. The number of rotatable bonds is 0. The smallest absolute Gasteiger partial charge is 0.194 e. The van der Waals surface area contributed by atoms with E-state index in [-0.39, 0.29) is 0 Å². The number of aryl methyl sites for hydroxylation is 4. The lowest BCUT2D eigenvalue weighted by molar-refractivity contribution is 0.552. The van der Waals surface area contributed by atoms with Crippen LogP contribution in [-0.4, -0.2) is 0 Å². The molecule has 1 aliphatic carbocycles. The van der Waals surface area contributed by atoms with E-state index in [1.165, 1.54) is 40.5 Å². The number of benzene rings is 1. The Bertz CT molecular complexity index is 944. The van der Waals surface area contributed by atoms with Gasteiger partial charge in [-0.2, -0.15) is 0 Å². The van der Waals surface area contributed by atoms with E-state index in [2.05, 4.69) is 19.9 Å². The number of fused-ring (bicyclic) bond motifs is 5. The molecular formula is C18H18O2S. The van der Waals surface area contributed by atoms with E-state index in [1.54, 1.807) is 0 Å². The summed E-state index contributed by atoms with van der Waals surface area (Å²) >= 11 is 5.47. The third kappa shape index (κ3) is 1.73. The maximum Gasteiger partial charge on any atom is 0.194 e. The highest BCUT2D eigenvalue weighted by molar-refractivity contribution is 7.71. The molecule has 0 amide bonds. The minimum atomic E-state index is 0.663. The van der Waals surface area contributed by atoms with Gasteiger partial charge in [0.1, 0.15) is 16.9 Å². The molecule has 2 nitrogen and oxygen atoms in total. The summed E-state index contributed by atoms with van der Waals surface area (Å²) in [6.07, 6.45) is 4.52. The van der Waals surface area contributed by atoms with Gasteiger partial charge in [-0.15, -0.1) is 0 Å². The van der Waals surface area contributed by atoms with E-state index in [9.17, 15) is 0 Å². The normalized spacial score (nSPS) is 14.8. The molecular weight excluding hydrogens is 280 g/mol. The van der Waals surface area contributed by atoms with E-state index < -0.39 is 0 Å². The first-order chi connectivity index (χ1) is 10.1. The Balaban J connectivity index is 2.29. The molecule has 0 fully saturated rings. The van der Waals surface area contributed by atoms with Gasteiger partial charge in [0.05, 0.1) is 5.39 Å². The Morgan fingerprint density at radius 2 is 1.67 bits per heavy atom. The largest absolute Gasteiger partial charge is 0.460 e. The van der Waals surface area contributed by atoms with Gasteiger partial charge in [0.25, 0.3) is 0 Å². The summed E-state index contributed by atoms with van der Waals surface area (Å²) in [5, 5.41) is 2.38. The molecule has 21 heavy (non-hydrogen) atoms. The molecule has 1 aromatic carbocycles. The fourth-order valence-electron chi connectivity index (χ4n) is 3.66. The molecule has 0 unspecified atom stereocenters. The van der Waals surface area contributed by atoms with Crippen molar-refractivity contribution in [3.8, 4) is 0 Å². The van der Waals surface area contributed by atoms with Crippen molar-refractivity contribution in [1.82, 2.24) is 0 Å². The Hall–Kier alpha value is -1.61. The summed E-state index contributed by atoms with van der Waals surface area (Å²) in [7, 11) is 0. The van der Waals surface area contributed by atoms with Crippen LogP contribution in [-0.2, 0) is 12.8 Å². The average molecular weight is 298 g/mol. The number of hydrogen-bond donors (Lipinski definition) is 0. The van der Waals surface area contributed by atoms with Gasteiger partial charge in [-0.3, -0.25) is 0 Å². The highest BCUT2D eigenvalue weighted by Gasteiger charge is 2.22. The summed E-state index contributed by atoms with van der Waals surface area (Å²) in [5.41, 5.74) is 6.86. The van der Waals surface area contributed by atoms with Crippen molar-refractivity contribution in [3.05, 3.63) is 38.8 Å². The first kappa shape index (κ1) is 13.1. The van der Waals surface area contributed by atoms with Crippen LogP contribution in [0.1, 0.15) is 40.9 Å². The molecule has 0 saturated carbocycles. The van der Waals surface area contributed by atoms with Crippen molar-refractivity contribution in [3.63, 3.8) is 0 Å². The lowest BCUT2D eigenvalue weighted by Gasteiger charge is -2.17. The van der Waals surface area contributed by atoms with Crippen LogP contribution in [0.5, 0.6) is 0 Å². The van der Waals surface area contributed by atoms with Crippen molar-refractivity contribution in [2.45, 2.75) is 46.5 Å². The van der Waals surface area contributed by atoms with Gasteiger partial charge in [0.15, 0.2) is 4.71 Å². The van der Waals surface area contributed by atoms with Gasteiger partial charge in [-0.1, -0.05) is 0 Å². The van der Waals surface area contributed by atoms with Gasteiger partial charge in [0.2, 0.25) is 0 Å². The second-order valence-corrected chi connectivity index (χ2v) is 6.48. The Morgan fingerprint density at radius 3 is 2.43 bits per heavy atom. The topological polar surface area (TPSA) is 26.3 Å². The molecule has 0 atom stereocenters. The quantitative estimate of drug-likeness (QED) is 0.497. The van der Waals surface area contributed by atoms with Gasteiger partial charge in [-0.05, 0) is 81.4 Å². The standard InChI is InChI=1S/C18H18O2S/c1-9-8-14-16(17-15(9)10(2)11(3)19-17)12-6-4-5-7-13(12)18(21)20-14/h8H,4-7H2,1-3H3. The zero-order valence-corrected chi connectivity index (χ0v) is 13.4. The predicted octanol–water partition coefficient (Wildman–Crippen LogP) is 5.71. The Morgan fingerprint density at radius 1 is 0.952 bits per heavy atom. The highest BCUT2D eigenvalue weighted by Crippen LogP contribution is 2.39. The Labute approximate surface area is 128 Å². The molecule has 2 aromatic heterocycles. The molecule has 3 heteroatoms.